The zero-order valence-electron chi connectivity index (χ0n) is 17.2. The molecule has 20 heteroatoms. The van der Waals surface area contributed by atoms with Crippen molar-refractivity contribution in [3.8, 4) is 11.3 Å². The fourth-order valence-corrected chi connectivity index (χ4v) is 2.56. The normalized spacial score (nSPS) is 15.1. The van der Waals surface area contributed by atoms with Gasteiger partial charge in [-0.15, -0.1) is 0 Å². The molecule has 0 bridgehead atoms. The molecule has 1 aromatic heterocycles. The van der Waals surface area contributed by atoms with E-state index in [0.29, 0.717) is 12.1 Å². The molecule has 0 atom stereocenters. The van der Waals surface area contributed by atoms with E-state index in [9.17, 15) is 79.0 Å². The third-order valence-corrected chi connectivity index (χ3v) is 4.69. The van der Waals surface area contributed by atoms with Crippen LogP contribution in [0.2, 0.25) is 0 Å². The maximum absolute atomic E-state index is 14.4. The molecule has 0 saturated heterocycles. The van der Waals surface area contributed by atoms with Crippen LogP contribution in [-0.4, -0.2) is 46.0 Å². The van der Waals surface area contributed by atoms with Crippen LogP contribution in [0.3, 0.4) is 0 Å². The standard InChI is InChI=1S/C18H6F18N2/c19-11(20,13(23,24)15(27,28)17(31,32)33)9-6-8(7-4-2-1-3-5-7)37-10(38-9)12(21,22)14(25,26)16(29,30)18(34,35)36/h1-6H. The minimum atomic E-state index is -7.66. The highest BCUT2D eigenvalue weighted by atomic mass is 19.4. The number of alkyl halides is 18. The van der Waals surface area contributed by atoms with Gasteiger partial charge >= 0.3 is 47.9 Å². The molecule has 1 aromatic carbocycles. The van der Waals surface area contributed by atoms with Crippen molar-refractivity contribution in [3.63, 3.8) is 0 Å². The Morgan fingerprint density at radius 1 is 0.447 bits per heavy atom. The van der Waals surface area contributed by atoms with Crippen molar-refractivity contribution in [2.24, 2.45) is 0 Å². The van der Waals surface area contributed by atoms with Crippen LogP contribution >= 0.6 is 0 Å². The van der Waals surface area contributed by atoms with Crippen LogP contribution in [0.25, 0.3) is 11.3 Å². The zero-order chi connectivity index (χ0) is 30.0. The lowest BCUT2D eigenvalue weighted by molar-refractivity contribution is -0.402. The monoisotopic (exact) mass is 592 g/mol. The summed E-state index contributed by atoms with van der Waals surface area (Å²) in [6, 6.07) is 3.52. The predicted octanol–water partition coefficient (Wildman–Crippen LogP) is 7.99. The Kier molecular flexibility index (Phi) is 7.23. The molecule has 1 heterocycles. The summed E-state index contributed by atoms with van der Waals surface area (Å²) in [6.07, 6.45) is -14.9. The van der Waals surface area contributed by atoms with Crippen molar-refractivity contribution in [2.75, 3.05) is 0 Å². The average Bonchev–Trinajstić information content (AvgIpc) is 2.77. The van der Waals surface area contributed by atoms with E-state index in [1.807, 2.05) is 0 Å². The van der Waals surface area contributed by atoms with Crippen molar-refractivity contribution in [2.45, 2.75) is 47.9 Å². The second-order valence-electron chi connectivity index (χ2n) is 7.27. The summed E-state index contributed by atoms with van der Waals surface area (Å²) in [5.41, 5.74) is -5.77. The van der Waals surface area contributed by atoms with E-state index < -0.39 is 76.7 Å². The SMILES string of the molecule is FC(F)(F)C(F)(F)C(F)(F)C(F)(F)c1cc(-c2ccccc2)nc(C(F)(F)C(F)(F)C(F)(F)C(F)(F)F)n1. The number of benzene rings is 1. The summed E-state index contributed by atoms with van der Waals surface area (Å²) in [7, 11) is 0. The highest BCUT2D eigenvalue weighted by molar-refractivity contribution is 5.59. The summed E-state index contributed by atoms with van der Waals surface area (Å²) in [5, 5.41) is 0. The largest absolute Gasteiger partial charge is 0.460 e. The molecule has 214 valence electrons. The van der Waals surface area contributed by atoms with Gasteiger partial charge in [-0.25, -0.2) is 9.97 Å². The molecule has 0 saturated carbocycles. The second-order valence-corrected chi connectivity index (χ2v) is 7.27. The topological polar surface area (TPSA) is 25.8 Å². The summed E-state index contributed by atoms with van der Waals surface area (Å²) < 4.78 is 240. The highest BCUT2D eigenvalue weighted by Crippen LogP contribution is 2.58. The van der Waals surface area contributed by atoms with Gasteiger partial charge in [0.05, 0.1) is 5.69 Å². The van der Waals surface area contributed by atoms with Crippen LogP contribution in [0, 0.1) is 0 Å². The molecular weight excluding hydrogens is 586 g/mol. The molecule has 0 amide bonds. The van der Waals surface area contributed by atoms with Crippen molar-refractivity contribution in [1.29, 1.82) is 0 Å². The first-order chi connectivity index (χ1) is 16.7. The molecule has 0 N–H and O–H groups in total. The van der Waals surface area contributed by atoms with Crippen LogP contribution < -0.4 is 0 Å². The van der Waals surface area contributed by atoms with Gasteiger partial charge in [0.1, 0.15) is 5.69 Å². The Bertz CT molecular complexity index is 1080. The number of nitrogens with zero attached hydrogens (tertiary/aromatic N) is 2. The molecule has 0 unspecified atom stereocenters. The maximum atomic E-state index is 14.4. The lowest BCUT2D eigenvalue weighted by atomic mass is 9.98. The van der Waals surface area contributed by atoms with E-state index in [1.165, 1.54) is 0 Å². The molecule has 38 heavy (non-hydrogen) atoms. The van der Waals surface area contributed by atoms with Gasteiger partial charge < -0.3 is 0 Å². The first kappa shape index (κ1) is 31.3. The Hall–Kier alpha value is -2.96. The summed E-state index contributed by atoms with van der Waals surface area (Å²) in [5.74, 6) is -48.1. The van der Waals surface area contributed by atoms with E-state index in [2.05, 4.69) is 4.98 Å². The second kappa shape index (κ2) is 8.78. The third-order valence-electron chi connectivity index (χ3n) is 4.69. The van der Waals surface area contributed by atoms with Gasteiger partial charge in [0.25, 0.3) is 0 Å². The first-order valence-corrected chi connectivity index (χ1v) is 9.03. The maximum Gasteiger partial charge on any atom is 0.460 e. The van der Waals surface area contributed by atoms with Crippen LogP contribution in [-0.2, 0) is 11.8 Å². The minimum Gasteiger partial charge on any atom is -0.227 e. The molecule has 2 aromatic rings. The number of hydrogen-bond acceptors (Lipinski definition) is 2. The van der Waals surface area contributed by atoms with E-state index in [-0.39, 0.29) is 0 Å². The van der Waals surface area contributed by atoms with Gasteiger partial charge in [-0.3, -0.25) is 0 Å². The van der Waals surface area contributed by atoms with Crippen molar-refractivity contribution < 1.29 is 79.0 Å². The highest BCUT2D eigenvalue weighted by Gasteiger charge is 2.84. The average molecular weight is 592 g/mol. The van der Waals surface area contributed by atoms with Crippen molar-refractivity contribution in [1.82, 2.24) is 9.97 Å². The van der Waals surface area contributed by atoms with E-state index in [0.717, 1.165) is 18.2 Å². The van der Waals surface area contributed by atoms with Gasteiger partial charge in [0.2, 0.25) is 5.82 Å². The predicted molar refractivity (Wildman–Crippen MR) is 87.2 cm³/mol. The minimum absolute atomic E-state index is 0.650. The third kappa shape index (κ3) is 4.48. The lowest BCUT2D eigenvalue weighted by Crippen LogP contribution is -2.60. The summed E-state index contributed by atoms with van der Waals surface area (Å²) in [4.78, 5) is 4.07. The molecule has 0 aliphatic carbocycles. The zero-order valence-corrected chi connectivity index (χ0v) is 17.2. The Labute approximate surface area is 197 Å². The summed E-state index contributed by atoms with van der Waals surface area (Å²) in [6.45, 7) is 0. The first-order valence-electron chi connectivity index (χ1n) is 9.03. The molecular formula is C18H6F18N2. The van der Waals surface area contributed by atoms with Crippen LogP contribution in [0.1, 0.15) is 11.5 Å². The van der Waals surface area contributed by atoms with Gasteiger partial charge in [0, 0.05) is 5.56 Å². The van der Waals surface area contributed by atoms with Crippen molar-refractivity contribution in [3.05, 3.63) is 47.9 Å². The summed E-state index contributed by atoms with van der Waals surface area (Å²) >= 11 is 0. The quantitative estimate of drug-likeness (QED) is 0.305. The molecule has 2 nitrogen and oxygen atoms in total. The molecule has 0 radical (unpaired) electrons. The van der Waals surface area contributed by atoms with Gasteiger partial charge in [-0.2, -0.15) is 79.0 Å². The van der Waals surface area contributed by atoms with Gasteiger partial charge in [-0.05, 0) is 6.07 Å². The number of aromatic nitrogens is 2. The van der Waals surface area contributed by atoms with Gasteiger partial charge in [0.15, 0.2) is 0 Å². The lowest BCUT2D eigenvalue weighted by Gasteiger charge is -2.34. The molecule has 0 spiro atoms. The van der Waals surface area contributed by atoms with Crippen molar-refractivity contribution >= 4 is 0 Å². The Balaban J connectivity index is 2.93. The Morgan fingerprint density at radius 3 is 1.24 bits per heavy atom. The molecule has 0 fully saturated rings. The smallest absolute Gasteiger partial charge is 0.227 e. The fraction of sp³-hybridized carbons (Fsp3) is 0.444. The Morgan fingerprint density at radius 2 is 0.842 bits per heavy atom. The van der Waals surface area contributed by atoms with Crippen LogP contribution in [0.5, 0.6) is 0 Å². The van der Waals surface area contributed by atoms with E-state index in [1.54, 1.807) is 4.98 Å². The van der Waals surface area contributed by atoms with E-state index in [4.69, 9.17) is 0 Å². The number of halogens is 18. The van der Waals surface area contributed by atoms with Crippen LogP contribution in [0.4, 0.5) is 79.0 Å². The molecule has 2 rings (SSSR count). The van der Waals surface area contributed by atoms with E-state index >= 15 is 0 Å². The fourth-order valence-electron chi connectivity index (χ4n) is 2.56. The number of hydrogen-bond donors (Lipinski definition) is 0. The number of rotatable bonds is 7. The molecule has 0 aliphatic heterocycles. The van der Waals surface area contributed by atoms with Crippen LogP contribution in [0.15, 0.2) is 36.4 Å². The molecule has 0 aliphatic rings. The van der Waals surface area contributed by atoms with Gasteiger partial charge in [-0.1, -0.05) is 30.3 Å².